The molecule has 0 saturated heterocycles. The van der Waals surface area contributed by atoms with Gasteiger partial charge < -0.3 is 10.1 Å². The van der Waals surface area contributed by atoms with Gasteiger partial charge in [0.15, 0.2) is 0 Å². The van der Waals surface area contributed by atoms with Crippen LogP contribution >= 0.6 is 11.6 Å². The van der Waals surface area contributed by atoms with Crippen molar-refractivity contribution in [2.75, 3.05) is 19.7 Å². The lowest BCUT2D eigenvalue weighted by Crippen LogP contribution is -2.31. The normalized spacial score (nSPS) is 10.4. The van der Waals surface area contributed by atoms with Gasteiger partial charge in [-0.15, -0.1) is 0 Å². The highest BCUT2D eigenvalue weighted by Crippen LogP contribution is 2.12. The summed E-state index contributed by atoms with van der Waals surface area (Å²) in [7, 11) is 0. The molecule has 0 aromatic heterocycles. The van der Waals surface area contributed by atoms with Crippen LogP contribution < -0.4 is 20.9 Å². The maximum atomic E-state index is 5.90. The van der Waals surface area contributed by atoms with Crippen LogP contribution in [0.25, 0.3) is 0 Å². The molecule has 0 fully saturated rings. The molecule has 4 nitrogen and oxygen atoms in total. The van der Waals surface area contributed by atoms with E-state index in [1.807, 2.05) is 48.5 Å². The highest BCUT2D eigenvalue weighted by atomic mass is 35.5. The summed E-state index contributed by atoms with van der Waals surface area (Å²) >= 11 is 5.90. The van der Waals surface area contributed by atoms with Gasteiger partial charge in [0, 0.05) is 42.3 Å². The second kappa shape index (κ2) is 13.6. The summed E-state index contributed by atoms with van der Waals surface area (Å²) in [6.45, 7) is 6.17. The SMILES string of the molecule is CCCNNCc1ccc(CNCCOc2ccc(C#Cc3ccc(Cl)cc3)cc2)cc1. The minimum Gasteiger partial charge on any atom is -0.492 e. The van der Waals surface area contributed by atoms with E-state index in [2.05, 4.69) is 59.2 Å². The van der Waals surface area contributed by atoms with Gasteiger partial charge in [0.1, 0.15) is 12.4 Å². The van der Waals surface area contributed by atoms with Crippen molar-refractivity contribution < 1.29 is 4.74 Å². The first-order valence-electron chi connectivity index (χ1n) is 11.0. The molecule has 0 aliphatic carbocycles. The zero-order valence-electron chi connectivity index (χ0n) is 18.5. The van der Waals surface area contributed by atoms with Crippen molar-refractivity contribution in [1.29, 1.82) is 0 Å². The minimum atomic E-state index is 0.612. The molecule has 5 heteroatoms. The Balaban J connectivity index is 1.33. The molecule has 0 unspecified atom stereocenters. The zero-order valence-corrected chi connectivity index (χ0v) is 19.2. The number of benzene rings is 3. The molecule has 166 valence electrons. The fourth-order valence-electron chi connectivity index (χ4n) is 2.94. The third-order valence-corrected chi connectivity index (χ3v) is 4.99. The van der Waals surface area contributed by atoms with Crippen molar-refractivity contribution in [2.24, 2.45) is 0 Å². The summed E-state index contributed by atoms with van der Waals surface area (Å²) in [4.78, 5) is 0. The van der Waals surface area contributed by atoms with Crippen LogP contribution in [0.5, 0.6) is 5.75 Å². The van der Waals surface area contributed by atoms with Gasteiger partial charge >= 0.3 is 0 Å². The molecular weight excluding hydrogens is 418 g/mol. The van der Waals surface area contributed by atoms with Crippen molar-refractivity contribution in [1.82, 2.24) is 16.2 Å². The quantitative estimate of drug-likeness (QED) is 0.222. The predicted molar refractivity (Wildman–Crippen MR) is 133 cm³/mol. The Morgan fingerprint density at radius 1 is 0.719 bits per heavy atom. The van der Waals surface area contributed by atoms with Crippen molar-refractivity contribution >= 4 is 11.6 Å². The van der Waals surface area contributed by atoms with E-state index in [1.165, 1.54) is 11.1 Å². The van der Waals surface area contributed by atoms with E-state index in [1.54, 1.807) is 0 Å². The summed E-state index contributed by atoms with van der Waals surface area (Å²) in [6, 6.07) is 24.0. The number of rotatable bonds is 11. The number of ether oxygens (including phenoxy) is 1. The first-order chi connectivity index (χ1) is 15.7. The molecule has 0 amide bonds. The van der Waals surface area contributed by atoms with E-state index in [-0.39, 0.29) is 0 Å². The average molecular weight is 448 g/mol. The van der Waals surface area contributed by atoms with Gasteiger partial charge in [-0.3, -0.25) is 10.9 Å². The number of halogens is 1. The molecule has 3 rings (SSSR count). The number of nitrogens with one attached hydrogen (secondary N) is 3. The van der Waals surface area contributed by atoms with Crippen LogP contribution in [-0.2, 0) is 13.1 Å². The van der Waals surface area contributed by atoms with Crippen LogP contribution in [0.3, 0.4) is 0 Å². The number of hydrogen-bond acceptors (Lipinski definition) is 4. The Kier molecular flexibility index (Phi) is 10.1. The third-order valence-electron chi connectivity index (χ3n) is 4.74. The maximum Gasteiger partial charge on any atom is 0.119 e. The number of hydrogen-bond donors (Lipinski definition) is 3. The molecule has 0 saturated carbocycles. The third kappa shape index (κ3) is 8.74. The first kappa shape index (κ1) is 23.8. The molecular formula is C27H30ClN3O. The van der Waals surface area contributed by atoms with Crippen molar-refractivity contribution in [3.05, 3.63) is 100 Å². The Morgan fingerprint density at radius 2 is 1.31 bits per heavy atom. The molecule has 0 aliphatic rings. The Labute approximate surface area is 196 Å². The second-order valence-corrected chi connectivity index (χ2v) is 7.84. The molecule has 3 aromatic carbocycles. The van der Waals surface area contributed by atoms with Gasteiger partial charge in [0.05, 0.1) is 0 Å². The zero-order chi connectivity index (χ0) is 22.4. The van der Waals surface area contributed by atoms with Crippen molar-refractivity contribution in [2.45, 2.75) is 26.4 Å². The lowest BCUT2D eigenvalue weighted by Gasteiger charge is -2.09. The Morgan fingerprint density at radius 3 is 1.94 bits per heavy atom. The van der Waals surface area contributed by atoms with Gasteiger partial charge in [-0.1, -0.05) is 54.6 Å². The summed E-state index contributed by atoms with van der Waals surface area (Å²) in [5.74, 6) is 7.13. The molecule has 0 heterocycles. The van der Waals surface area contributed by atoms with Crippen molar-refractivity contribution in [3.63, 3.8) is 0 Å². The van der Waals surface area contributed by atoms with E-state index < -0.39 is 0 Å². The van der Waals surface area contributed by atoms with Crippen LogP contribution in [0.15, 0.2) is 72.8 Å². The second-order valence-electron chi connectivity index (χ2n) is 7.40. The van der Waals surface area contributed by atoms with Crippen LogP contribution in [0.1, 0.15) is 35.6 Å². The lowest BCUT2D eigenvalue weighted by atomic mass is 10.1. The molecule has 0 radical (unpaired) electrons. The fourth-order valence-corrected chi connectivity index (χ4v) is 3.06. The molecule has 0 atom stereocenters. The van der Waals surface area contributed by atoms with E-state index in [9.17, 15) is 0 Å². The Bertz CT molecular complexity index is 990. The van der Waals surface area contributed by atoms with Crippen molar-refractivity contribution in [3.8, 4) is 17.6 Å². The fraction of sp³-hybridized carbons (Fsp3) is 0.259. The molecule has 0 aliphatic heterocycles. The molecule has 0 spiro atoms. The molecule has 32 heavy (non-hydrogen) atoms. The number of hydrazine groups is 1. The van der Waals surface area contributed by atoms with Crippen LogP contribution in [0, 0.1) is 11.8 Å². The van der Waals surface area contributed by atoms with Crippen LogP contribution in [0.2, 0.25) is 5.02 Å². The van der Waals surface area contributed by atoms with Gasteiger partial charge in [0.25, 0.3) is 0 Å². The van der Waals surface area contributed by atoms with E-state index in [4.69, 9.17) is 16.3 Å². The van der Waals surface area contributed by atoms with Crippen LogP contribution in [0.4, 0.5) is 0 Å². The first-order valence-corrected chi connectivity index (χ1v) is 11.4. The molecule has 3 N–H and O–H groups in total. The highest BCUT2D eigenvalue weighted by molar-refractivity contribution is 6.30. The standard InChI is InChI=1S/C27H30ClN3O/c1-2-17-30-31-21-25-7-5-24(6-8-25)20-29-18-19-32-27-15-11-23(12-16-27)4-3-22-9-13-26(28)14-10-22/h5-16,29-31H,2,17-21H2,1H3. The summed E-state index contributed by atoms with van der Waals surface area (Å²) in [5.41, 5.74) is 10.8. The lowest BCUT2D eigenvalue weighted by molar-refractivity contribution is 0.313. The smallest absolute Gasteiger partial charge is 0.119 e. The van der Waals surface area contributed by atoms with E-state index >= 15 is 0 Å². The molecule has 0 bridgehead atoms. The maximum absolute atomic E-state index is 5.90. The largest absolute Gasteiger partial charge is 0.492 e. The predicted octanol–water partition coefficient (Wildman–Crippen LogP) is 4.91. The van der Waals surface area contributed by atoms with Gasteiger partial charge in [-0.2, -0.15) is 0 Å². The van der Waals surface area contributed by atoms with Gasteiger partial charge in [-0.25, -0.2) is 0 Å². The highest BCUT2D eigenvalue weighted by Gasteiger charge is 1.97. The van der Waals surface area contributed by atoms with E-state index in [0.29, 0.717) is 11.6 Å². The van der Waals surface area contributed by atoms with Gasteiger partial charge in [-0.05, 0) is 66.1 Å². The summed E-state index contributed by atoms with van der Waals surface area (Å²) < 4.78 is 5.82. The Hall–Kier alpha value is -2.81. The van der Waals surface area contributed by atoms with E-state index in [0.717, 1.165) is 49.5 Å². The summed E-state index contributed by atoms with van der Waals surface area (Å²) in [5, 5.41) is 4.14. The summed E-state index contributed by atoms with van der Waals surface area (Å²) in [6.07, 6.45) is 1.12. The topological polar surface area (TPSA) is 45.3 Å². The minimum absolute atomic E-state index is 0.612. The monoisotopic (exact) mass is 447 g/mol. The average Bonchev–Trinajstić information content (AvgIpc) is 2.83. The van der Waals surface area contributed by atoms with Crippen LogP contribution in [-0.4, -0.2) is 19.7 Å². The molecule has 3 aromatic rings. The van der Waals surface area contributed by atoms with Gasteiger partial charge in [0.2, 0.25) is 0 Å².